The Kier molecular flexibility index (Phi) is 5.57. The highest BCUT2D eigenvalue weighted by atomic mass is 32.1. The minimum atomic E-state index is 0.171. The quantitative estimate of drug-likeness (QED) is 0.850. The van der Waals surface area contributed by atoms with E-state index >= 15 is 0 Å². The summed E-state index contributed by atoms with van der Waals surface area (Å²) in [6.07, 6.45) is 3.04. The van der Waals surface area contributed by atoms with Gasteiger partial charge < -0.3 is 4.90 Å². The summed E-state index contributed by atoms with van der Waals surface area (Å²) in [5, 5.41) is 0.981. The van der Waals surface area contributed by atoms with Crippen LogP contribution in [0.5, 0.6) is 0 Å². The number of piperidine rings is 1. The van der Waals surface area contributed by atoms with E-state index in [9.17, 15) is 4.79 Å². The molecule has 2 aliphatic heterocycles. The summed E-state index contributed by atoms with van der Waals surface area (Å²) in [6, 6.07) is 11.1. The van der Waals surface area contributed by atoms with Gasteiger partial charge in [-0.2, -0.15) is 0 Å². The van der Waals surface area contributed by atoms with Crippen LogP contribution >= 0.6 is 11.3 Å². The molecule has 0 radical (unpaired) electrons. The van der Waals surface area contributed by atoms with Gasteiger partial charge in [-0.3, -0.25) is 15.6 Å². The number of hydrazine groups is 1. The maximum atomic E-state index is 13.2. The predicted molar refractivity (Wildman–Crippen MR) is 109 cm³/mol. The van der Waals surface area contributed by atoms with Crippen LogP contribution in [0.25, 0.3) is 0 Å². The molecule has 3 unspecified atom stereocenters. The first-order valence-corrected chi connectivity index (χ1v) is 10.8. The first-order chi connectivity index (χ1) is 13.2. The molecule has 2 N–H and O–H groups in total. The Morgan fingerprint density at radius 2 is 2.15 bits per heavy atom. The normalized spacial score (nSPS) is 25.7. The molecule has 0 saturated carbocycles. The third-order valence-electron chi connectivity index (χ3n) is 5.84. The Balaban J connectivity index is 1.50. The maximum absolute atomic E-state index is 13.2. The molecule has 6 heteroatoms. The number of hydrogen-bond acceptors (Lipinski definition) is 5. The second kappa shape index (κ2) is 8.09. The number of amides is 1. The van der Waals surface area contributed by atoms with Gasteiger partial charge in [-0.15, -0.1) is 11.3 Å². The van der Waals surface area contributed by atoms with Crippen molar-refractivity contribution in [3.8, 4) is 0 Å². The van der Waals surface area contributed by atoms with Crippen LogP contribution in [-0.4, -0.2) is 41.5 Å². The van der Waals surface area contributed by atoms with E-state index in [2.05, 4.69) is 58.0 Å². The van der Waals surface area contributed by atoms with Gasteiger partial charge in [0, 0.05) is 31.6 Å². The van der Waals surface area contributed by atoms with Gasteiger partial charge in [0.1, 0.15) is 4.88 Å². The molecule has 5 nitrogen and oxygen atoms in total. The number of rotatable bonds is 4. The summed E-state index contributed by atoms with van der Waals surface area (Å²) in [4.78, 5) is 20.6. The molecule has 144 valence electrons. The van der Waals surface area contributed by atoms with Crippen molar-refractivity contribution in [2.24, 2.45) is 5.92 Å². The SMILES string of the molecule is CCc1nc(C)sc1C(=O)N1CCCC(C2NNCC2c2ccccc2)C1. The van der Waals surface area contributed by atoms with E-state index in [1.54, 1.807) is 11.3 Å². The van der Waals surface area contributed by atoms with Crippen molar-refractivity contribution in [3.05, 3.63) is 51.5 Å². The van der Waals surface area contributed by atoms with Crippen LogP contribution in [0, 0.1) is 12.8 Å². The van der Waals surface area contributed by atoms with Crippen LogP contribution in [0.3, 0.4) is 0 Å². The average Bonchev–Trinajstić information content (AvgIpc) is 3.34. The van der Waals surface area contributed by atoms with Crippen LogP contribution in [-0.2, 0) is 6.42 Å². The molecule has 27 heavy (non-hydrogen) atoms. The fraction of sp³-hybridized carbons (Fsp3) is 0.524. The number of carbonyl (C=O) groups is 1. The number of likely N-dealkylation sites (tertiary alicyclic amines) is 1. The van der Waals surface area contributed by atoms with E-state index in [1.165, 1.54) is 5.56 Å². The van der Waals surface area contributed by atoms with Crippen LogP contribution in [0.1, 0.15) is 51.6 Å². The van der Waals surface area contributed by atoms with E-state index < -0.39 is 0 Å². The average molecular weight is 385 g/mol. The highest BCUT2D eigenvalue weighted by Gasteiger charge is 2.38. The summed E-state index contributed by atoms with van der Waals surface area (Å²) in [7, 11) is 0. The lowest BCUT2D eigenvalue weighted by atomic mass is 9.81. The van der Waals surface area contributed by atoms with E-state index in [0.717, 1.165) is 54.5 Å². The molecule has 1 amide bonds. The maximum Gasteiger partial charge on any atom is 0.265 e. The lowest BCUT2D eigenvalue weighted by Crippen LogP contribution is -2.48. The lowest BCUT2D eigenvalue weighted by Gasteiger charge is -2.37. The highest BCUT2D eigenvalue weighted by Crippen LogP contribution is 2.32. The van der Waals surface area contributed by atoms with E-state index in [4.69, 9.17) is 0 Å². The third-order valence-corrected chi connectivity index (χ3v) is 6.84. The summed E-state index contributed by atoms with van der Waals surface area (Å²) in [5.41, 5.74) is 9.18. The van der Waals surface area contributed by atoms with Crippen molar-refractivity contribution >= 4 is 17.2 Å². The molecule has 3 atom stereocenters. The van der Waals surface area contributed by atoms with Gasteiger partial charge in [0.15, 0.2) is 0 Å². The van der Waals surface area contributed by atoms with Crippen molar-refractivity contribution in [1.82, 2.24) is 20.7 Å². The van der Waals surface area contributed by atoms with Gasteiger partial charge in [0.25, 0.3) is 5.91 Å². The predicted octanol–water partition coefficient (Wildman–Crippen LogP) is 3.13. The van der Waals surface area contributed by atoms with Crippen molar-refractivity contribution < 1.29 is 4.79 Å². The van der Waals surface area contributed by atoms with Gasteiger partial charge in [-0.05, 0) is 37.7 Å². The number of benzene rings is 1. The number of nitrogens with one attached hydrogen (secondary N) is 2. The van der Waals surface area contributed by atoms with E-state index in [-0.39, 0.29) is 5.91 Å². The van der Waals surface area contributed by atoms with Gasteiger partial charge in [0.05, 0.1) is 10.7 Å². The Morgan fingerprint density at radius 1 is 1.33 bits per heavy atom. The van der Waals surface area contributed by atoms with Crippen molar-refractivity contribution in [2.45, 2.75) is 45.1 Å². The summed E-state index contributed by atoms with van der Waals surface area (Å²) < 4.78 is 0. The molecule has 1 aromatic carbocycles. The minimum absolute atomic E-state index is 0.171. The molecule has 4 rings (SSSR count). The molecule has 1 aromatic heterocycles. The number of hydrogen-bond donors (Lipinski definition) is 2. The highest BCUT2D eigenvalue weighted by molar-refractivity contribution is 7.13. The molecule has 2 aromatic rings. The second-order valence-electron chi connectivity index (χ2n) is 7.58. The zero-order chi connectivity index (χ0) is 18.8. The molecule has 0 aliphatic carbocycles. The molecular weight excluding hydrogens is 356 g/mol. The Bertz CT molecular complexity index is 791. The molecule has 0 bridgehead atoms. The molecule has 0 spiro atoms. The van der Waals surface area contributed by atoms with Crippen LogP contribution in [0.2, 0.25) is 0 Å². The molecular formula is C21H28N4OS. The fourth-order valence-corrected chi connectivity index (χ4v) is 5.47. The monoisotopic (exact) mass is 384 g/mol. The van der Waals surface area contributed by atoms with E-state index in [0.29, 0.717) is 17.9 Å². The van der Waals surface area contributed by atoms with Gasteiger partial charge >= 0.3 is 0 Å². The number of aromatic nitrogens is 1. The van der Waals surface area contributed by atoms with Crippen molar-refractivity contribution in [3.63, 3.8) is 0 Å². The zero-order valence-electron chi connectivity index (χ0n) is 16.1. The first-order valence-electron chi connectivity index (χ1n) is 9.96. The molecule has 2 saturated heterocycles. The standard InChI is InChI=1S/C21H28N4OS/c1-3-18-20(27-14(2)23-18)21(26)25-11-7-10-16(13-25)19-17(12-22-24-19)15-8-5-4-6-9-15/h4-6,8-9,16-17,19,22,24H,3,7,10-13H2,1-2H3. The van der Waals surface area contributed by atoms with Gasteiger partial charge in [0.2, 0.25) is 0 Å². The van der Waals surface area contributed by atoms with Crippen LogP contribution < -0.4 is 10.9 Å². The summed E-state index contributed by atoms with van der Waals surface area (Å²) in [5.74, 6) is 1.08. The lowest BCUT2D eigenvalue weighted by molar-refractivity contribution is 0.0648. The number of thiazole rings is 1. The Morgan fingerprint density at radius 3 is 2.93 bits per heavy atom. The van der Waals surface area contributed by atoms with Crippen LogP contribution in [0.4, 0.5) is 0 Å². The smallest absolute Gasteiger partial charge is 0.265 e. The zero-order valence-corrected chi connectivity index (χ0v) is 16.9. The largest absolute Gasteiger partial charge is 0.338 e. The number of carbonyl (C=O) groups excluding carboxylic acids is 1. The topological polar surface area (TPSA) is 57.3 Å². The second-order valence-corrected chi connectivity index (χ2v) is 8.79. The van der Waals surface area contributed by atoms with Crippen molar-refractivity contribution in [2.75, 3.05) is 19.6 Å². The first kappa shape index (κ1) is 18.6. The van der Waals surface area contributed by atoms with Crippen LogP contribution in [0.15, 0.2) is 30.3 Å². The third kappa shape index (κ3) is 3.79. The molecule has 3 heterocycles. The number of aryl methyl sites for hydroxylation is 2. The molecule has 2 fully saturated rings. The summed E-state index contributed by atoms with van der Waals surface area (Å²) >= 11 is 1.54. The van der Waals surface area contributed by atoms with Gasteiger partial charge in [-0.1, -0.05) is 37.3 Å². The Labute approximate surface area is 165 Å². The van der Waals surface area contributed by atoms with Crippen molar-refractivity contribution in [1.29, 1.82) is 0 Å². The van der Waals surface area contributed by atoms with Gasteiger partial charge in [-0.25, -0.2) is 4.98 Å². The Hall–Kier alpha value is -1.76. The summed E-state index contributed by atoms with van der Waals surface area (Å²) in [6.45, 7) is 6.67. The van der Waals surface area contributed by atoms with E-state index in [1.807, 2.05) is 6.92 Å². The fourth-order valence-electron chi connectivity index (χ4n) is 4.49. The minimum Gasteiger partial charge on any atom is -0.338 e. The molecule has 2 aliphatic rings. The number of nitrogens with zero attached hydrogens (tertiary/aromatic N) is 2.